The summed E-state index contributed by atoms with van der Waals surface area (Å²) in [5, 5.41) is 2.88. The van der Waals surface area contributed by atoms with Gasteiger partial charge in [-0.3, -0.25) is 4.79 Å². The molecule has 1 aromatic carbocycles. The zero-order valence-corrected chi connectivity index (χ0v) is 19.6. The van der Waals surface area contributed by atoms with Gasteiger partial charge in [0.15, 0.2) is 0 Å². The number of piperidine rings is 1. The molecule has 1 atom stereocenters. The van der Waals surface area contributed by atoms with E-state index in [9.17, 15) is 4.79 Å². The highest BCUT2D eigenvalue weighted by Crippen LogP contribution is 2.31. The molecule has 4 heterocycles. The van der Waals surface area contributed by atoms with Crippen LogP contribution in [0.15, 0.2) is 35.7 Å². The van der Waals surface area contributed by atoms with Crippen molar-refractivity contribution in [1.82, 2.24) is 19.9 Å². The molecule has 7 heteroatoms. The zero-order valence-electron chi connectivity index (χ0n) is 18.8. The Labute approximate surface area is 193 Å². The maximum absolute atomic E-state index is 13.2. The molecule has 1 amide bonds. The van der Waals surface area contributed by atoms with Gasteiger partial charge in [0, 0.05) is 55.7 Å². The van der Waals surface area contributed by atoms with Crippen molar-refractivity contribution in [3.8, 4) is 0 Å². The van der Waals surface area contributed by atoms with E-state index in [-0.39, 0.29) is 11.8 Å². The van der Waals surface area contributed by atoms with Crippen molar-refractivity contribution in [3.63, 3.8) is 0 Å². The lowest BCUT2D eigenvalue weighted by Crippen LogP contribution is -2.40. The average Bonchev–Trinajstić information content (AvgIpc) is 3.28. The first kappa shape index (κ1) is 21.1. The van der Waals surface area contributed by atoms with Crippen molar-refractivity contribution in [3.05, 3.63) is 69.1 Å². The third-order valence-corrected chi connectivity index (χ3v) is 7.38. The van der Waals surface area contributed by atoms with E-state index in [1.165, 1.54) is 11.1 Å². The third kappa shape index (κ3) is 4.26. The highest BCUT2D eigenvalue weighted by molar-refractivity contribution is 7.09. The topological polar surface area (TPSA) is 62.2 Å². The van der Waals surface area contributed by atoms with Crippen LogP contribution >= 0.6 is 11.3 Å². The van der Waals surface area contributed by atoms with Crippen LogP contribution in [-0.2, 0) is 12.8 Å². The minimum absolute atomic E-state index is 0.0251. The van der Waals surface area contributed by atoms with E-state index in [1.807, 2.05) is 28.5 Å². The molecule has 5 rings (SSSR count). The second-order valence-electron chi connectivity index (χ2n) is 8.87. The number of amides is 1. The standard InChI is InChI=1S/C25H29N5OS/c1-17-20-11-7-12-29(2)24(20)28-23(26-17)19-10-6-13-30(15-19)25(31)21-16-32-22(27-21)14-18-8-4-3-5-9-18/h3-5,8-9,16,19H,6-7,10-15H2,1-2H3/t19-/m0/s1. The number of anilines is 1. The van der Waals surface area contributed by atoms with E-state index in [0.717, 1.165) is 67.5 Å². The van der Waals surface area contributed by atoms with Crippen LogP contribution in [0.1, 0.15) is 63.3 Å². The summed E-state index contributed by atoms with van der Waals surface area (Å²) in [7, 11) is 2.11. The number of aryl methyl sites for hydroxylation is 1. The van der Waals surface area contributed by atoms with Crippen molar-refractivity contribution < 1.29 is 4.79 Å². The SMILES string of the molecule is Cc1nc([C@H]2CCCN(C(=O)c3csc(Cc4ccccc4)n3)C2)nc2c1CCCN2C. The minimum Gasteiger partial charge on any atom is -0.359 e. The van der Waals surface area contributed by atoms with Crippen LogP contribution in [0.25, 0.3) is 0 Å². The average molecular weight is 448 g/mol. The Hall–Kier alpha value is -2.80. The van der Waals surface area contributed by atoms with Gasteiger partial charge in [0.1, 0.15) is 17.3 Å². The Bertz CT molecular complexity index is 1110. The van der Waals surface area contributed by atoms with Crippen molar-refractivity contribution in [1.29, 1.82) is 0 Å². The predicted molar refractivity (Wildman–Crippen MR) is 128 cm³/mol. The van der Waals surface area contributed by atoms with Crippen LogP contribution in [0.4, 0.5) is 5.82 Å². The van der Waals surface area contributed by atoms with Crippen LogP contribution < -0.4 is 4.90 Å². The molecular weight excluding hydrogens is 418 g/mol. The molecular formula is C25H29N5OS. The highest BCUT2D eigenvalue weighted by Gasteiger charge is 2.30. The molecule has 0 radical (unpaired) electrons. The molecule has 166 valence electrons. The molecule has 2 aliphatic heterocycles. The molecule has 0 spiro atoms. The Morgan fingerprint density at radius 1 is 1.12 bits per heavy atom. The number of likely N-dealkylation sites (tertiary alicyclic amines) is 1. The lowest BCUT2D eigenvalue weighted by atomic mass is 9.96. The number of fused-ring (bicyclic) bond motifs is 1. The fraction of sp³-hybridized carbons (Fsp3) is 0.440. The summed E-state index contributed by atoms with van der Waals surface area (Å²) in [6, 6.07) is 10.3. The first-order valence-electron chi connectivity index (χ1n) is 11.4. The smallest absolute Gasteiger partial charge is 0.273 e. The van der Waals surface area contributed by atoms with Gasteiger partial charge in [-0.05, 0) is 38.2 Å². The van der Waals surface area contributed by atoms with Crippen molar-refractivity contribution in [2.45, 2.75) is 44.9 Å². The molecule has 0 unspecified atom stereocenters. The number of benzene rings is 1. The van der Waals surface area contributed by atoms with E-state index in [4.69, 9.17) is 9.97 Å². The Balaban J connectivity index is 1.31. The Morgan fingerprint density at radius 2 is 1.97 bits per heavy atom. The van der Waals surface area contributed by atoms with Gasteiger partial charge in [0.05, 0.1) is 5.01 Å². The number of thiazole rings is 1. The zero-order chi connectivity index (χ0) is 22.1. The third-order valence-electron chi connectivity index (χ3n) is 6.53. The highest BCUT2D eigenvalue weighted by atomic mass is 32.1. The number of hydrogen-bond donors (Lipinski definition) is 0. The van der Waals surface area contributed by atoms with Gasteiger partial charge >= 0.3 is 0 Å². The molecule has 0 N–H and O–H groups in total. The maximum Gasteiger partial charge on any atom is 0.273 e. The maximum atomic E-state index is 13.2. The summed E-state index contributed by atoms with van der Waals surface area (Å²) in [6.45, 7) is 4.56. The first-order valence-corrected chi connectivity index (χ1v) is 12.3. The summed E-state index contributed by atoms with van der Waals surface area (Å²) in [6.07, 6.45) is 4.95. The van der Waals surface area contributed by atoms with Gasteiger partial charge in [-0.2, -0.15) is 0 Å². The monoisotopic (exact) mass is 447 g/mol. The number of nitrogens with zero attached hydrogens (tertiary/aromatic N) is 5. The van der Waals surface area contributed by atoms with E-state index in [0.29, 0.717) is 12.2 Å². The number of carbonyl (C=O) groups excluding carboxylic acids is 1. The Kier molecular flexibility index (Phi) is 5.91. The second kappa shape index (κ2) is 8.98. The normalized spacial score (nSPS) is 18.5. The fourth-order valence-electron chi connectivity index (χ4n) is 4.79. The van der Waals surface area contributed by atoms with Crippen molar-refractivity contribution >= 4 is 23.1 Å². The minimum atomic E-state index is 0.0251. The summed E-state index contributed by atoms with van der Waals surface area (Å²) in [5.41, 5.74) is 4.14. The van der Waals surface area contributed by atoms with Gasteiger partial charge < -0.3 is 9.80 Å². The molecule has 0 bridgehead atoms. The Morgan fingerprint density at radius 3 is 2.81 bits per heavy atom. The van der Waals surface area contributed by atoms with Crippen LogP contribution in [0.3, 0.4) is 0 Å². The summed E-state index contributed by atoms with van der Waals surface area (Å²) in [4.78, 5) is 31.9. The van der Waals surface area contributed by atoms with E-state index in [1.54, 1.807) is 11.3 Å². The number of rotatable bonds is 4. The van der Waals surface area contributed by atoms with Gasteiger partial charge in [-0.25, -0.2) is 15.0 Å². The molecule has 32 heavy (non-hydrogen) atoms. The quantitative estimate of drug-likeness (QED) is 0.599. The van der Waals surface area contributed by atoms with Gasteiger partial charge in [-0.1, -0.05) is 30.3 Å². The fourth-order valence-corrected chi connectivity index (χ4v) is 5.59. The number of carbonyl (C=O) groups is 1. The summed E-state index contributed by atoms with van der Waals surface area (Å²) in [5.74, 6) is 2.16. The lowest BCUT2D eigenvalue weighted by molar-refractivity contribution is 0.0699. The van der Waals surface area contributed by atoms with Gasteiger partial charge in [0.25, 0.3) is 5.91 Å². The number of aromatic nitrogens is 3. The van der Waals surface area contributed by atoms with E-state index >= 15 is 0 Å². The largest absolute Gasteiger partial charge is 0.359 e. The van der Waals surface area contributed by atoms with Crippen LogP contribution in [0, 0.1) is 6.92 Å². The van der Waals surface area contributed by atoms with Crippen LogP contribution in [-0.4, -0.2) is 52.4 Å². The second-order valence-corrected chi connectivity index (χ2v) is 9.82. The van der Waals surface area contributed by atoms with Gasteiger partial charge in [0.2, 0.25) is 0 Å². The van der Waals surface area contributed by atoms with Crippen molar-refractivity contribution in [2.24, 2.45) is 0 Å². The molecule has 1 saturated heterocycles. The number of hydrogen-bond acceptors (Lipinski definition) is 6. The molecule has 1 fully saturated rings. The van der Waals surface area contributed by atoms with Crippen molar-refractivity contribution in [2.75, 3.05) is 31.6 Å². The van der Waals surface area contributed by atoms with Crippen LogP contribution in [0.5, 0.6) is 0 Å². The van der Waals surface area contributed by atoms with E-state index < -0.39 is 0 Å². The van der Waals surface area contributed by atoms with E-state index in [2.05, 4.69) is 36.0 Å². The lowest BCUT2D eigenvalue weighted by Gasteiger charge is -2.33. The first-order chi connectivity index (χ1) is 15.6. The molecule has 2 aromatic heterocycles. The molecule has 0 saturated carbocycles. The summed E-state index contributed by atoms with van der Waals surface area (Å²) < 4.78 is 0. The molecule has 0 aliphatic carbocycles. The van der Waals surface area contributed by atoms with Crippen LogP contribution in [0.2, 0.25) is 0 Å². The molecule has 3 aromatic rings. The molecule has 6 nitrogen and oxygen atoms in total. The summed E-state index contributed by atoms with van der Waals surface area (Å²) >= 11 is 1.56. The van der Waals surface area contributed by atoms with Gasteiger partial charge in [-0.15, -0.1) is 11.3 Å². The predicted octanol–water partition coefficient (Wildman–Crippen LogP) is 4.23. The molecule has 2 aliphatic rings.